The molecule has 0 saturated heterocycles. The number of aliphatic imine (C=N–C) groups is 1. The molecule has 84 valence electrons. The summed E-state index contributed by atoms with van der Waals surface area (Å²) in [7, 11) is 3.87. The molecule has 0 radical (unpaired) electrons. The second kappa shape index (κ2) is 3.24. The molecule has 1 aromatic carbocycles. The fourth-order valence-corrected chi connectivity index (χ4v) is 2.76. The monoisotopic (exact) mass is 215 g/mol. The molecule has 1 aromatic rings. The predicted molar refractivity (Wildman–Crippen MR) is 65.5 cm³/mol. The maximum absolute atomic E-state index is 5.86. The molecule has 3 atom stereocenters. The van der Waals surface area contributed by atoms with Gasteiger partial charge in [0.1, 0.15) is 0 Å². The first-order chi connectivity index (χ1) is 7.68. The van der Waals surface area contributed by atoms with Gasteiger partial charge in [0.2, 0.25) is 0 Å². The van der Waals surface area contributed by atoms with Crippen LogP contribution in [0.25, 0.3) is 0 Å². The summed E-state index contributed by atoms with van der Waals surface area (Å²) >= 11 is 0. The minimum atomic E-state index is 0.428. The van der Waals surface area contributed by atoms with Crippen LogP contribution in [0.3, 0.4) is 0 Å². The number of hydrogen-bond donors (Lipinski definition) is 1. The first-order valence-corrected chi connectivity index (χ1v) is 5.77. The topological polar surface area (TPSA) is 41.6 Å². The van der Waals surface area contributed by atoms with Crippen molar-refractivity contribution in [3.8, 4) is 0 Å². The van der Waals surface area contributed by atoms with Crippen molar-refractivity contribution in [3.63, 3.8) is 0 Å². The minimum absolute atomic E-state index is 0.428. The van der Waals surface area contributed by atoms with E-state index in [0.29, 0.717) is 23.8 Å². The lowest BCUT2D eigenvalue weighted by Crippen LogP contribution is -2.31. The van der Waals surface area contributed by atoms with Gasteiger partial charge in [-0.25, -0.2) is 4.99 Å². The van der Waals surface area contributed by atoms with Crippen molar-refractivity contribution in [2.24, 2.45) is 16.6 Å². The van der Waals surface area contributed by atoms with Crippen molar-refractivity contribution in [2.45, 2.75) is 18.4 Å². The van der Waals surface area contributed by atoms with E-state index in [0.717, 1.165) is 0 Å². The van der Waals surface area contributed by atoms with E-state index in [1.165, 1.54) is 17.5 Å². The summed E-state index contributed by atoms with van der Waals surface area (Å²) in [5.74, 6) is 1.99. The highest BCUT2D eigenvalue weighted by Crippen LogP contribution is 2.58. The SMILES string of the molecule is CN(C)C(N)=NC1C2Cc3ccccc3C21. The highest BCUT2D eigenvalue weighted by molar-refractivity contribution is 5.78. The van der Waals surface area contributed by atoms with Crippen LogP contribution in [0.5, 0.6) is 0 Å². The molecule has 3 unspecified atom stereocenters. The van der Waals surface area contributed by atoms with Crippen molar-refractivity contribution in [1.82, 2.24) is 4.90 Å². The summed E-state index contributed by atoms with van der Waals surface area (Å²) in [6.07, 6.45) is 1.18. The summed E-state index contributed by atoms with van der Waals surface area (Å²) in [5, 5.41) is 0. The zero-order chi connectivity index (χ0) is 11.3. The molecule has 2 aliphatic carbocycles. The van der Waals surface area contributed by atoms with Gasteiger partial charge in [-0.15, -0.1) is 0 Å². The van der Waals surface area contributed by atoms with Gasteiger partial charge in [0.05, 0.1) is 6.04 Å². The second-order valence-electron chi connectivity index (χ2n) is 4.96. The van der Waals surface area contributed by atoms with Crippen molar-refractivity contribution in [3.05, 3.63) is 35.4 Å². The lowest BCUT2D eigenvalue weighted by Gasteiger charge is -2.11. The number of hydrogen-bond acceptors (Lipinski definition) is 1. The second-order valence-corrected chi connectivity index (χ2v) is 4.96. The van der Waals surface area contributed by atoms with E-state index >= 15 is 0 Å². The van der Waals surface area contributed by atoms with E-state index in [1.54, 1.807) is 0 Å². The normalized spacial score (nSPS) is 30.9. The van der Waals surface area contributed by atoms with Crippen LogP contribution in [-0.2, 0) is 6.42 Å². The fraction of sp³-hybridized carbons (Fsp3) is 0.462. The standard InChI is InChI=1S/C13H17N3/c1-16(2)13(14)15-12-10-7-8-5-3-4-6-9(8)11(10)12/h3-6,10-12H,7H2,1-2H3,(H2,14,15). The third kappa shape index (κ3) is 1.31. The van der Waals surface area contributed by atoms with Crippen molar-refractivity contribution in [2.75, 3.05) is 14.1 Å². The highest BCUT2D eigenvalue weighted by Gasteiger charge is 2.55. The van der Waals surface area contributed by atoms with Gasteiger partial charge in [0.15, 0.2) is 5.96 Å². The Labute approximate surface area is 96.0 Å². The first-order valence-electron chi connectivity index (χ1n) is 5.77. The molecule has 1 saturated carbocycles. The largest absolute Gasteiger partial charge is 0.370 e. The highest BCUT2D eigenvalue weighted by atomic mass is 15.2. The fourth-order valence-electron chi connectivity index (χ4n) is 2.76. The lowest BCUT2D eigenvalue weighted by molar-refractivity contribution is 0.605. The third-order valence-corrected chi connectivity index (χ3v) is 3.74. The number of nitrogens with two attached hydrogens (primary N) is 1. The average Bonchev–Trinajstić information content (AvgIpc) is 2.79. The van der Waals surface area contributed by atoms with Gasteiger partial charge in [-0.05, 0) is 23.5 Å². The van der Waals surface area contributed by atoms with Crippen LogP contribution >= 0.6 is 0 Å². The van der Waals surface area contributed by atoms with Crippen LogP contribution in [0, 0.1) is 5.92 Å². The number of fused-ring (bicyclic) bond motifs is 3. The Morgan fingerprint density at radius 1 is 1.38 bits per heavy atom. The van der Waals surface area contributed by atoms with E-state index in [-0.39, 0.29) is 0 Å². The quantitative estimate of drug-likeness (QED) is 0.565. The first kappa shape index (κ1) is 9.70. The van der Waals surface area contributed by atoms with Crippen molar-refractivity contribution < 1.29 is 0 Å². The molecule has 16 heavy (non-hydrogen) atoms. The van der Waals surface area contributed by atoms with Gasteiger partial charge in [-0.2, -0.15) is 0 Å². The molecular weight excluding hydrogens is 198 g/mol. The van der Waals surface area contributed by atoms with E-state index < -0.39 is 0 Å². The summed E-state index contributed by atoms with van der Waals surface area (Å²) < 4.78 is 0. The molecule has 0 heterocycles. The summed E-state index contributed by atoms with van der Waals surface area (Å²) in [4.78, 5) is 6.47. The van der Waals surface area contributed by atoms with Crippen molar-refractivity contribution in [1.29, 1.82) is 0 Å². The molecule has 3 rings (SSSR count). The maximum Gasteiger partial charge on any atom is 0.191 e. The smallest absolute Gasteiger partial charge is 0.191 e. The molecule has 0 aliphatic heterocycles. The molecule has 2 N–H and O–H groups in total. The zero-order valence-corrected chi connectivity index (χ0v) is 9.72. The van der Waals surface area contributed by atoms with Crippen LogP contribution in [-0.4, -0.2) is 31.0 Å². The molecule has 3 heteroatoms. The third-order valence-electron chi connectivity index (χ3n) is 3.74. The van der Waals surface area contributed by atoms with Crippen LogP contribution < -0.4 is 5.73 Å². The molecule has 1 fully saturated rings. The average molecular weight is 215 g/mol. The Bertz CT molecular complexity index is 450. The van der Waals surface area contributed by atoms with Crippen LogP contribution in [0.4, 0.5) is 0 Å². The predicted octanol–water partition coefficient (Wildman–Crippen LogP) is 1.20. The van der Waals surface area contributed by atoms with E-state index in [1.807, 2.05) is 19.0 Å². The number of benzene rings is 1. The van der Waals surface area contributed by atoms with Crippen LogP contribution in [0.2, 0.25) is 0 Å². The zero-order valence-electron chi connectivity index (χ0n) is 9.72. The lowest BCUT2D eigenvalue weighted by atomic mass is 10.1. The Morgan fingerprint density at radius 3 is 2.88 bits per heavy atom. The molecule has 0 bridgehead atoms. The molecule has 0 aromatic heterocycles. The number of rotatable bonds is 1. The van der Waals surface area contributed by atoms with Crippen molar-refractivity contribution >= 4 is 5.96 Å². The molecule has 0 spiro atoms. The number of nitrogens with zero attached hydrogens (tertiary/aromatic N) is 2. The Kier molecular flexibility index (Phi) is 1.96. The van der Waals surface area contributed by atoms with Gasteiger partial charge in [-0.1, -0.05) is 24.3 Å². The van der Waals surface area contributed by atoms with Gasteiger partial charge in [0, 0.05) is 20.0 Å². The van der Waals surface area contributed by atoms with Gasteiger partial charge in [-0.3, -0.25) is 0 Å². The molecular formula is C13H17N3. The summed E-state index contributed by atoms with van der Waals surface area (Å²) in [6, 6.07) is 9.14. The van der Waals surface area contributed by atoms with E-state index in [4.69, 9.17) is 5.73 Å². The van der Waals surface area contributed by atoms with E-state index in [2.05, 4.69) is 29.3 Å². The van der Waals surface area contributed by atoms with Gasteiger partial charge >= 0.3 is 0 Å². The van der Waals surface area contributed by atoms with Crippen LogP contribution in [0.15, 0.2) is 29.3 Å². The molecule has 0 amide bonds. The maximum atomic E-state index is 5.86. The Morgan fingerprint density at radius 2 is 2.12 bits per heavy atom. The Hall–Kier alpha value is -1.51. The van der Waals surface area contributed by atoms with Gasteiger partial charge in [0.25, 0.3) is 0 Å². The van der Waals surface area contributed by atoms with Gasteiger partial charge < -0.3 is 10.6 Å². The number of guanidine groups is 1. The summed E-state index contributed by atoms with van der Waals surface area (Å²) in [6.45, 7) is 0. The Balaban J connectivity index is 1.82. The molecule has 3 nitrogen and oxygen atoms in total. The minimum Gasteiger partial charge on any atom is -0.370 e. The molecule has 2 aliphatic rings. The van der Waals surface area contributed by atoms with E-state index in [9.17, 15) is 0 Å². The summed E-state index contributed by atoms with van der Waals surface area (Å²) in [5.41, 5.74) is 8.86. The van der Waals surface area contributed by atoms with Crippen LogP contribution in [0.1, 0.15) is 17.0 Å².